The van der Waals surface area contributed by atoms with Gasteiger partial charge in [-0.1, -0.05) is 0 Å². The predicted molar refractivity (Wildman–Crippen MR) is 114 cm³/mol. The third-order valence-electron chi connectivity index (χ3n) is 4.22. The van der Waals surface area contributed by atoms with Gasteiger partial charge in [0.2, 0.25) is 0 Å². The monoisotopic (exact) mass is 456 g/mol. The molecule has 1 aromatic heterocycles. The van der Waals surface area contributed by atoms with Gasteiger partial charge in [-0.2, -0.15) is 13.2 Å². The largest absolute Gasteiger partial charge is 0.446 e. The molecule has 0 spiro atoms. The van der Waals surface area contributed by atoms with Crippen LogP contribution in [0.15, 0.2) is 35.2 Å². The average molecular weight is 456 g/mol. The molecular formula is C19H23F3N6O2S. The Morgan fingerprint density at radius 2 is 1.87 bits per heavy atom. The van der Waals surface area contributed by atoms with Gasteiger partial charge in [0.15, 0.2) is 0 Å². The molecule has 0 bridgehead atoms. The molecule has 2 amide bonds. The third-order valence-corrected chi connectivity index (χ3v) is 4.96. The van der Waals surface area contributed by atoms with E-state index in [2.05, 4.69) is 30.8 Å². The van der Waals surface area contributed by atoms with Crippen LogP contribution in [0.4, 0.5) is 35.3 Å². The molecule has 1 saturated heterocycles. The topological polar surface area (TPSA) is 91.4 Å². The zero-order chi connectivity index (χ0) is 22.3. The number of aromatic nitrogens is 2. The molecule has 3 rings (SSSR count). The van der Waals surface area contributed by atoms with Gasteiger partial charge in [-0.15, -0.1) is 0 Å². The molecule has 1 aliphatic rings. The van der Waals surface area contributed by atoms with Crippen LogP contribution < -0.4 is 20.9 Å². The second kappa shape index (κ2) is 10.5. The SMILES string of the molecule is Cc1nc(NCCNC(=O)Nc2ccc(SC(F)(F)F)cc2)cc(N2CCOCC2)n1. The van der Waals surface area contributed by atoms with Gasteiger partial charge in [0.05, 0.1) is 13.2 Å². The summed E-state index contributed by atoms with van der Waals surface area (Å²) in [6, 6.07) is 6.85. The van der Waals surface area contributed by atoms with E-state index in [9.17, 15) is 18.0 Å². The predicted octanol–water partition coefficient (Wildman–Crippen LogP) is 3.47. The van der Waals surface area contributed by atoms with Crippen molar-refractivity contribution in [3.63, 3.8) is 0 Å². The van der Waals surface area contributed by atoms with Crippen LogP contribution in [0.5, 0.6) is 0 Å². The molecule has 168 valence electrons. The lowest BCUT2D eigenvalue weighted by atomic mass is 10.3. The van der Waals surface area contributed by atoms with Crippen LogP contribution in [-0.4, -0.2) is 60.9 Å². The van der Waals surface area contributed by atoms with Crippen LogP contribution in [0, 0.1) is 6.92 Å². The number of hydrogen-bond donors (Lipinski definition) is 3. The number of aryl methyl sites for hydroxylation is 1. The molecule has 3 N–H and O–H groups in total. The number of ether oxygens (including phenoxy) is 1. The number of carbonyl (C=O) groups is 1. The normalized spacial score (nSPS) is 14.3. The Labute approximate surface area is 182 Å². The Kier molecular flexibility index (Phi) is 7.80. The minimum atomic E-state index is -4.34. The minimum absolute atomic E-state index is 0.0549. The molecule has 31 heavy (non-hydrogen) atoms. The summed E-state index contributed by atoms with van der Waals surface area (Å²) in [5.41, 5.74) is -3.94. The van der Waals surface area contributed by atoms with Crippen molar-refractivity contribution in [2.75, 3.05) is 54.9 Å². The third kappa shape index (κ3) is 7.79. The summed E-state index contributed by atoms with van der Waals surface area (Å²) in [7, 11) is 0. The second-order valence-corrected chi connectivity index (χ2v) is 7.78. The van der Waals surface area contributed by atoms with Crippen LogP contribution in [0.3, 0.4) is 0 Å². The molecule has 2 heterocycles. The molecule has 1 aromatic carbocycles. The van der Waals surface area contributed by atoms with Crippen molar-refractivity contribution in [3.8, 4) is 0 Å². The van der Waals surface area contributed by atoms with E-state index in [0.717, 1.165) is 18.9 Å². The number of anilines is 3. The van der Waals surface area contributed by atoms with Gasteiger partial charge in [-0.25, -0.2) is 14.8 Å². The molecular weight excluding hydrogens is 433 g/mol. The fourth-order valence-electron chi connectivity index (χ4n) is 2.88. The van der Waals surface area contributed by atoms with Crippen LogP contribution in [0.2, 0.25) is 0 Å². The van der Waals surface area contributed by atoms with Gasteiger partial charge in [0.1, 0.15) is 17.5 Å². The van der Waals surface area contributed by atoms with Gasteiger partial charge in [0.25, 0.3) is 0 Å². The van der Waals surface area contributed by atoms with Crippen LogP contribution >= 0.6 is 11.8 Å². The highest BCUT2D eigenvalue weighted by Gasteiger charge is 2.29. The van der Waals surface area contributed by atoms with Crippen molar-refractivity contribution in [3.05, 3.63) is 36.2 Å². The molecule has 1 aliphatic heterocycles. The molecule has 12 heteroatoms. The zero-order valence-electron chi connectivity index (χ0n) is 16.8. The van der Waals surface area contributed by atoms with E-state index in [1.165, 1.54) is 24.3 Å². The first kappa shape index (κ1) is 22.9. The van der Waals surface area contributed by atoms with E-state index in [1.807, 2.05) is 13.0 Å². The summed E-state index contributed by atoms with van der Waals surface area (Å²) < 4.78 is 42.4. The van der Waals surface area contributed by atoms with E-state index in [4.69, 9.17) is 4.74 Å². The number of nitrogens with zero attached hydrogens (tertiary/aromatic N) is 3. The van der Waals surface area contributed by atoms with Crippen molar-refractivity contribution in [1.82, 2.24) is 15.3 Å². The number of urea groups is 1. The molecule has 0 unspecified atom stereocenters. The average Bonchev–Trinajstić information content (AvgIpc) is 2.72. The summed E-state index contributed by atoms with van der Waals surface area (Å²) in [4.78, 5) is 23.0. The van der Waals surface area contributed by atoms with Crippen LogP contribution in [-0.2, 0) is 4.74 Å². The number of benzene rings is 1. The Morgan fingerprint density at radius 3 is 2.55 bits per heavy atom. The molecule has 2 aromatic rings. The van der Waals surface area contributed by atoms with E-state index in [1.54, 1.807) is 0 Å². The first-order valence-electron chi connectivity index (χ1n) is 9.61. The van der Waals surface area contributed by atoms with Crippen molar-refractivity contribution >= 4 is 35.1 Å². The number of alkyl halides is 3. The van der Waals surface area contributed by atoms with E-state index < -0.39 is 11.5 Å². The lowest BCUT2D eigenvalue weighted by Crippen LogP contribution is -2.37. The number of rotatable bonds is 7. The number of carbonyl (C=O) groups excluding carboxylic acids is 1. The maximum absolute atomic E-state index is 12.3. The highest BCUT2D eigenvalue weighted by molar-refractivity contribution is 8.00. The van der Waals surface area contributed by atoms with Crippen molar-refractivity contribution in [1.29, 1.82) is 0 Å². The molecule has 1 fully saturated rings. The number of morpholine rings is 1. The minimum Gasteiger partial charge on any atom is -0.378 e. The van der Waals surface area contributed by atoms with E-state index >= 15 is 0 Å². The highest BCUT2D eigenvalue weighted by atomic mass is 32.2. The van der Waals surface area contributed by atoms with Crippen molar-refractivity contribution in [2.24, 2.45) is 0 Å². The number of amides is 2. The lowest BCUT2D eigenvalue weighted by molar-refractivity contribution is -0.0328. The number of thioether (sulfide) groups is 1. The number of nitrogens with one attached hydrogen (secondary N) is 3. The first-order chi connectivity index (χ1) is 14.8. The van der Waals surface area contributed by atoms with Crippen LogP contribution in [0.25, 0.3) is 0 Å². The Hall–Kier alpha value is -2.73. The standard InChI is InChI=1S/C19H23F3N6O2S/c1-13-25-16(12-17(26-13)28-8-10-30-11-9-28)23-6-7-24-18(29)27-14-2-4-15(5-3-14)31-19(20,21)22/h2-5,12H,6-11H2,1H3,(H,23,25,26)(H2,24,27,29). The van der Waals surface area contributed by atoms with E-state index in [0.29, 0.717) is 43.6 Å². The van der Waals surface area contributed by atoms with Gasteiger partial charge < -0.3 is 25.6 Å². The summed E-state index contributed by atoms with van der Waals surface area (Å²) in [5.74, 6) is 2.13. The van der Waals surface area contributed by atoms with Crippen LogP contribution in [0.1, 0.15) is 5.82 Å². The summed E-state index contributed by atoms with van der Waals surface area (Å²) in [6.07, 6.45) is 0. The number of hydrogen-bond acceptors (Lipinski definition) is 7. The van der Waals surface area contributed by atoms with E-state index in [-0.39, 0.29) is 16.7 Å². The quantitative estimate of drug-likeness (QED) is 0.434. The molecule has 0 atom stereocenters. The van der Waals surface area contributed by atoms with Crippen molar-refractivity contribution in [2.45, 2.75) is 17.3 Å². The Bertz CT molecular complexity index is 876. The fourth-order valence-corrected chi connectivity index (χ4v) is 3.42. The highest BCUT2D eigenvalue weighted by Crippen LogP contribution is 2.37. The smallest absolute Gasteiger partial charge is 0.378 e. The maximum atomic E-state index is 12.3. The summed E-state index contributed by atoms with van der Waals surface area (Å²) in [6.45, 7) is 5.45. The maximum Gasteiger partial charge on any atom is 0.446 e. The zero-order valence-corrected chi connectivity index (χ0v) is 17.6. The van der Waals surface area contributed by atoms with Gasteiger partial charge in [-0.3, -0.25) is 0 Å². The Morgan fingerprint density at radius 1 is 1.16 bits per heavy atom. The lowest BCUT2D eigenvalue weighted by Gasteiger charge is -2.28. The van der Waals surface area contributed by atoms with Gasteiger partial charge in [0, 0.05) is 42.8 Å². The summed E-state index contributed by atoms with van der Waals surface area (Å²) >= 11 is -0.202. The molecule has 8 nitrogen and oxygen atoms in total. The fraction of sp³-hybridized carbons (Fsp3) is 0.421. The second-order valence-electron chi connectivity index (χ2n) is 6.64. The number of halogens is 3. The van der Waals surface area contributed by atoms with Crippen molar-refractivity contribution < 1.29 is 22.7 Å². The van der Waals surface area contributed by atoms with Gasteiger partial charge in [-0.05, 0) is 43.0 Å². The molecule has 0 aliphatic carbocycles. The molecule has 0 radical (unpaired) electrons. The summed E-state index contributed by atoms with van der Waals surface area (Å²) in [5, 5.41) is 8.41. The first-order valence-corrected chi connectivity index (χ1v) is 10.4. The Balaban J connectivity index is 1.42. The molecule has 0 saturated carbocycles. The van der Waals surface area contributed by atoms with Gasteiger partial charge >= 0.3 is 11.5 Å².